The number of carbonyl (C=O) groups is 1. The number of furan rings is 1. The molecule has 5 aromatic rings. The molecular weight excluding hydrogens is 465 g/mol. The van der Waals surface area contributed by atoms with E-state index < -0.39 is 11.4 Å². The summed E-state index contributed by atoms with van der Waals surface area (Å²) < 4.78 is 20.6. The van der Waals surface area contributed by atoms with Crippen LogP contribution < -0.4 is 10.9 Å². The van der Waals surface area contributed by atoms with Crippen molar-refractivity contribution < 1.29 is 13.6 Å². The first kappa shape index (κ1) is 21.2. The molecule has 2 heterocycles. The lowest BCUT2D eigenvalue weighted by Crippen LogP contribution is -2.22. The average molecular weight is 480 g/mol. The van der Waals surface area contributed by atoms with Crippen molar-refractivity contribution in [2.45, 2.75) is 5.16 Å². The number of para-hydroxylation sites is 1. The van der Waals surface area contributed by atoms with Crippen LogP contribution in [0, 0.1) is 5.82 Å². The Hall–Kier alpha value is -3.62. The summed E-state index contributed by atoms with van der Waals surface area (Å²) in [7, 11) is 0. The molecule has 2 aromatic heterocycles. The predicted octanol–water partition coefficient (Wildman–Crippen LogP) is 5.66. The Morgan fingerprint density at radius 1 is 1.09 bits per heavy atom. The summed E-state index contributed by atoms with van der Waals surface area (Å²) in [4.78, 5) is 30.6. The van der Waals surface area contributed by atoms with Gasteiger partial charge < -0.3 is 9.73 Å². The Bertz CT molecular complexity index is 1560. The minimum atomic E-state index is -0.444. The Morgan fingerprint density at radius 2 is 1.88 bits per heavy atom. The van der Waals surface area contributed by atoms with E-state index >= 15 is 0 Å². The fourth-order valence-corrected chi connectivity index (χ4v) is 4.43. The van der Waals surface area contributed by atoms with Crippen LogP contribution in [0.2, 0.25) is 5.02 Å². The summed E-state index contributed by atoms with van der Waals surface area (Å²) >= 11 is 7.06. The van der Waals surface area contributed by atoms with Crippen LogP contribution in [0.25, 0.3) is 27.8 Å². The molecule has 3 aromatic carbocycles. The van der Waals surface area contributed by atoms with Crippen LogP contribution in [0.1, 0.15) is 0 Å². The summed E-state index contributed by atoms with van der Waals surface area (Å²) in [5.74, 6) is -0.736. The van der Waals surface area contributed by atoms with E-state index in [1.54, 1.807) is 36.4 Å². The number of hydrogen-bond donors (Lipinski definition) is 1. The lowest BCUT2D eigenvalue weighted by Gasteiger charge is -2.12. The second-order valence-electron chi connectivity index (χ2n) is 7.13. The first-order valence-corrected chi connectivity index (χ1v) is 11.2. The molecule has 0 aliphatic rings. The van der Waals surface area contributed by atoms with Crippen LogP contribution in [0.5, 0.6) is 0 Å². The Morgan fingerprint density at radius 3 is 2.67 bits per heavy atom. The molecule has 0 fully saturated rings. The van der Waals surface area contributed by atoms with Crippen LogP contribution >= 0.6 is 23.4 Å². The van der Waals surface area contributed by atoms with Crippen molar-refractivity contribution >= 4 is 57.0 Å². The molecule has 0 saturated heterocycles. The second kappa shape index (κ2) is 8.73. The minimum Gasteiger partial charge on any atom is -0.448 e. The van der Waals surface area contributed by atoms with Gasteiger partial charge >= 0.3 is 5.56 Å². The molecule has 6 nitrogen and oxygen atoms in total. The van der Waals surface area contributed by atoms with Crippen molar-refractivity contribution in [3.63, 3.8) is 0 Å². The lowest BCUT2D eigenvalue weighted by molar-refractivity contribution is -0.113. The third kappa shape index (κ3) is 4.22. The normalized spacial score (nSPS) is 11.2. The van der Waals surface area contributed by atoms with Gasteiger partial charge in [-0.3, -0.25) is 14.2 Å². The maximum absolute atomic E-state index is 13.5. The largest absolute Gasteiger partial charge is 0.448 e. The highest BCUT2D eigenvalue weighted by Crippen LogP contribution is 2.28. The molecule has 0 atom stereocenters. The second-order valence-corrected chi connectivity index (χ2v) is 8.51. The zero-order valence-electron chi connectivity index (χ0n) is 16.9. The molecular formula is C24H15ClFN3O3S. The number of anilines is 1. The predicted molar refractivity (Wildman–Crippen MR) is 128 cm³/mol. The SMILES string of the molecule is O=C(CSc1nc2c(oc3ccccc32)c(=O)n1-c1ccc(F)cc1)Nc1cccc(Cl)c1. The van der Waals surface area contributed by atoms with Crippen molar-refractivity contribution in [2.24, 2.45) is 0 Å². The number of rotatable bonds is 5. The van der Waals surface area contributed by atoms with Gasteiger partial charge in [-0.25, -0.2) is 9.37 Å². The summed E-state index contributed by atoms with van der Waals surface area (Å²) in [5.41, 5.74) is 1.56. The van der Waals surface area contributed by atoms with E-state index in [1.807, 2.05) is 12.1 Å². The number of fused-ring (bicyclic) bond motifs is 3. The number of nitrogens with zero attached hydrogens (tertiary/aromatic N) is 2. The monoisotopic (exact) mass is 479 g/mol. The van der Waals surface area contributed by atoms with Gasteiger partial charge in [-0.2, -0.15) is 0 Å². The van der Waals surface area contributed by atoms with Crippen molar-refractivity contribution in [3.8, 4) is 5.69 Å². The number of aromatic nitrogens is 2. The molecule has 9 heteroatoms. The molecule has 0 radical (unpaired) electrons. The smallest absolute Gasteiger partial charge is 0.302 e. The van der Waals surface area contributed by atoms with Gasteiger partial charge in [-0.05, 0) is 54.6 Å². The zero-order valence-corrected chi connectivity index (χ0v) is 18.5. The number of carbonyl (C=O) groups excluding carboxylic acids is 1. The van der Waals surface area contributed by atoms with E-state index in [1.165, 1.54) is 28.8 Å². The maximum Gasteiger partial charge on any atom is 0.302 e. The van der Waals surface area contributed by atoms with Crippen molar-refractivity contribution in [1.29, 1.82) is 0 Å². The average Bonchev–Trinajstić information content (AvgIpc) is 3.18. The number of thioether (sulfide) groups is 1. The van der Waals surface area contributed by atoms with Crippen LogP contribution in [0.15, 0.2) is 87.2 Å². The third-order valence-electron chi connectivity index (χ3n) is 4.89. The fraction of sp³-hybridized carbons (Fsp3) is 0.0417. The highest BCUT2D eigenvalue weighted by atomic mass is 35.5. The van der Waals surface area contributed by atoms with Crippen molar-refractivity contribution in [2.75, 3.05) is 11.1 Å². The van der Waals surface area contributed by atoms with Crippen molar-refractivity contribution in [1.82, 2.24) is 9.55 Å². The highest BCUT2D eigenvalue weighted by Gasteiger charge is 2.19. The molecule has 5 rings (SSSR count). The third-order valence-corrected chi connectivity index (χ3v) is 6.06. The maximum atomic E-state index is 13.5. The molecule has 33 heavy (non-hydrogen) atoms. The van der Waals surface area contributed by atoms with E-state index in [4.69, 9.17) is 16.0 Å². The van der Waals surface area contributed by atoms with Gasteiger partial charge in [-0.1, -0.05) is 41.6 Å². The quantitative estimate of drug-likeness (QED) is 0.260. The zero-order chi connectivity index (χ0) is 22.9. The molecule has 0 saturated carbocycles. The van der Waals surface area contributed by atoms with Gasteiger partial charge in [0, 0.05) is 16.1 Å². The number of benzene rings is 3. The van der Waals surface area contributed by atoms with Gasteiger partial charge in [0.2, 0.25) is 11.5 Å². The van der Waals surface area contributed by atoms with Crippen LogP contribution in [0.4, 0.5) is 10.1 Å². The van der Waals surface area contributed by atoms with Gasteiger partial charge in [-0.15, -0.1) is 0 Å². The van der Waals surface area contributed by atoms with Crippen LogP contribution in [-0.4, -0.2) is 21.2 Å². The molecule has 1 N–H and O–H groups in total. The van der Waals surface area contributed by atoms with Gasteiger partial charge in [0.15, 0.2) is 5.16 Å². The Kier molecular flexibility index (Phi) is 5.62. The number of amides is 1. The van der Waals surface area contributed by atoms with Gasteiger partial charge in [0.25, 0.3) is 0 Å². The summed E-state index contributed by atoms with van der Waals surface area (Å²) in [6.45, 7) is 0. The molecule has 0 bridgehead atoms. The number of hydrogen-bond acceptors (Lipinski definition) is 5. The molecule has 0 spiro atoms. The molecule has 0 unspecified atom stereocenters. The minimum absolute atomic E-state index is 0.0125. The topological polar surface area (TPSA) is 77.1 Å². The highest BCUT2D eigenvalue weighted by molar-refractivity contribution is 7.99. The van der Waals surface area contributed by atoms with E-state index in [2.05, 4.69) is 10.3 Å². The first-order chi connectivity index (χ1) is 16.0. The summed E-state index contributed by atoms with van der Waals surface area (Å²) in [6.07, 6.45) is 0. The van der Waals surface area contributed by atoms with E-state index in [-0.39, 0.29) is 22.4 Å². The van der Waals surface area contributed by atoms with Crippen LogP contribution in [-0.2, 0) is 4.79 Å². The molecule has 1 amide bonds. The van der Waals surface area contributed by atoms with Gasteiger partial charge in [0.05, 0.1) is 11.4 Å². The van der Waals surface area contributed by atoms with E-state index in [0.29, 0.717) is 32.9 Å². The van der Waals surface area contributed by atoms with Crippen LogP contribution in [0.3, 0.4) is 0 Å². The number of nitrogens with one attached hydrogen (secondary N) is 1. The summed E-state index contributed by atoms with van der Waals surface area (Å²) in [6, 6.07) is 19.5. The van der Waals surface area contributed by atoms with E-state index in [0.717, 1.165) is 11.8 Å². The molecule has 0 aliphatic heterocycles. The fourth-order valence-electron chi connectivity index (χ4n) is 3.43. The van der Waals surface area contributed by atoms with Crippen molar-refractivity contribution in [3.05, 3.63) is 94.0 Å². The lowest BCUT2D eigenvalue weighted by atomic mass is 10.2. The number of halogens is 2. The Balaban J connectivity index is 1.56. The first-order valence-electron chi connectivity index (χ1n) is 9.88. The molecule has 0 aliphatic carbocycles. The standard InChI is InChI=1S/C24H15ClFN3O3S/c25-14-4-3-5-16(12-14)27-20(30)13-33-24-28-21-18-6-1-2-7-19(18)32-22(21)23(31)29(24)17-10-8-15(26)9-11-17/h1-12H,13H2,(H,27,30). The molecule has 164 valence electrons. The van der Waals surface area contributed by atoms with E-state index in [9.17, 15) is 14.0 Å². The summed E-state index contributed by atoms with van der Waals surface area (Å²) in [5, 5.41) is 4.25. The Labute approximate surface area is 196 Å². The van der Waals surface area contributed by atoms with Gasteiger partial charge in [0.1, 0.15) is 16.9 Å².